The summed E-state index contributed by atoms with van der Waals surface area (Å²) in [5.74, 6) is 0.0130. The second kappa shape index (κ2) is 7.70. The number of hydrogen-bond acceptors (Lipinski definition) is 7. The van der Waals surface area contributed by atoms with E-state index in [0.717, 1.165) is 0 Å². The van der Waals surface area contributed by atoms with Crippen molar-refractivity contribution < 1.29 is 22.4 Å². The van der Waals surface area contributed by atoms with Gasteiger partial charge in [0.05, 0.1) is 17.7 Å². The summed E-state index contributed by atoms with van der Waals surface area (Å²) in [5.41, 5.74) is 2.23. The van der Waals surface area contributed by atoms with Crippen LogP contribution in [0.3, 0.4) is 0 Å². The van der Waals surface area contributed by atoms with Gasteiger partial charge in [0.15, 0.2) is 0 Å². The standard InChI is InChI=1S/C19H22N4O5S/c1-6-27-19(24)14-7-9-15(10-8-14)22-29(25,26)17-12(3)23(5)11(2)16(17)18-21-20-13(4)28-18/h7-10,22H,6H2,1-5H3. The van der Waals surface area contributed by atoms with Crippen molar-refractivity contribution in [2.75, 3.05) is 11.3 Å². The molecule has 2 aromatic heterocycles. The molecule has 1 aromatic carbocycles. The average molecular weight is 418 g/mol. The number of ether oxygens (including phenoxy) is 1. The van der Waals surface area contributed by atoms with Gasteiger partial charge in [-0.15, -0.1) is 10.2 Å². The first-order chi connectivity index (χ1) is 13.7. The second-order valence-electron chi connectivity index (χ2n) is 6.46. The number of hydrogen-bond donors (Lipinski definition) is 1. The summed E-state index contributed by atoms with van der Waals surface area (Å²) in [6, 6.07) is 6.01. The van der Waals surface area contributed by atoms with Crippen LogP contribution in [0.5, 0.6) is 0 Å². The van der Waals surface area contributed by atoms with Gasteiger partial charge >= 0.3 is 5.97 Å². The fourth-order valence-corrected chi connectivity index (χ4v) is 4.57. The molecule has 10 heteroatoms. The van der Waals surface area contributed by atoms with Gasteiger partial charge in [-0.2, -0.15) is 0 Å². The molecule has 0 saturated carbocycles. The fraction of sp³-hybridized carbons (Fsp3) is 0.316. The number of nitrogens with zero attached hydrogens (tertiary/aromatic N) is 3. The van der Waals surface area contributed by atoms with Crippen molar-refractivity contribution >= 4 is 21.7 Å². The number of rotatable bonds is 6. The molecule has 0 spiro atoms. The molecule has 3 aromatic rings. The van der Waals surface area contributed by atoms with Gasteiger partial charge < -0.3 is 13.7 Å². The smallest absolute Gasteiger partial charge is 0.338 e. The highest BCUT2D eigenvalue weighted by Crippen LogP contribution is 2.35. The quantitative estimate of drug-likeness (QED) is 0.612. The minimum Gasteiger partial charge on any atom is -0.462 e. The van der Waals surface area contributed by atoms with Crippen LogP contribution in [0, 0.1) is 20.8 Å². The Bertz CT molecular complexity index is 1160. The molecule has 0 aliphatic heterocycles. The van der Waals surface area contributed by atoms with Crippen molar-refractivity contribution in [3.8, 4) is 11.5 Å². The van der Waals surface area contributed by atoms with E-state index >= 15 is 0 Å². The normalized spacial score (nSPS) is 11.5. The third-order valence-corrected chi connectivity index (χ3v) is 6.12. The first-order valence-corrected chi connectivity index (χ1v) is 10.4. The number of aryl methyl sites for hydroxylation is 1. The van der Waals surface area contributed by atoms with E-state index in [1.165, 1.54) is 24.3 Å². The maximum Gasteiger partial charge on any atom is 0.338 e. The van der Waals surface area contributed by atoms with Crippen LogP contribution in [0.25, 0.3) is 11.5 Å². The predicted octanol–water partition coefficient (Wildman–Crippen LogP) is 2.98. The van der Waals surface area contributed by atoms with Crippen LogP contribution in [0.2, 0.25) is 0 Å². The maximum atomic E-state index is 13.2. The second-order valence-corrected chi connectivity index (χ2v) is 8.08. The summed E-state index contributed by atoms with van der Waals surface area (Å²) in [7, 11) is -2.20. The Morgan fingerprint density at radius 2 is 1.79 bits per heavy atom. The lowest BCUT2D eigenvalue weighted by Crippen LogP contribution is -2.15. The Labute approximate surface area is 168 Å². The van der Waals surface area contributed by atoms with Gasteiger partial charge in [0, 0.05) is 31.0 Å². The lowest BCUT2D eigenvalue weighted by molar-refractivity contribution is 0.0526. The van der Waals surface area contributed by atoms with Crippen LogP contribution >= 0.6 is 0 Å². The number of carbonyl (C=O) groups excluding carboxylic acids is 1. The van der Waals surface area contributed by atoms with Gasteiger partial charge in [0.25, 0.3) is 15.9 Å². The molecule has 0 fully saturated rings. The van der Waals surface area contributed by atoms with E-state index in [1.54, 1.807) is 39.3 Å². The molecule has 0 saturated heterocycles. The molecule has 154 valence electrons. The molecule has 0 amide bonds. The first-order valence-electron chi connectivity index (χ1n) is 8.92. The number of benzene rings is 1. The third kappa shape index (κ3) is 3.88. The highest BCUT2D eigenvalue weighted by atomic mass is 32.2. The lowest BCUT2D eigenvalue weighted by atomic mass is 10.2. The van der Waals surface area contributed by atoms with Crippen molar-refractivity contribution in [3.05, 3.63) is 47.1 Å². The van der Waals surface area contributed by atoms with E-state index in [-0.39, 0.29) is 17.4 Å². The summed E-state index contributed by atoms with van der Waals surface area (Å²) in [5, 5.41) is 7.79. The molecule has 0 aliphatic rings. The zero-order valence-corrected chi connectivity index (χ0v) is 17.6. The lowest BCUT2D eigenvalue weighted by Gasteiger charge is -2.10. The topological polar surface area (TPSA) is 116 Å². The molecule has 0 unspecified atom stereocenters. The van der Waals surface area contributed by atoms with E-state index in [2.05, 4.69) is 14.9 Å². The summed E-state index contributed by atoms with van der Waals surface area (Å²) >= 11 is 0. The molecular formula is C19H22N4O5S. The monoisotopic (exact) mass is 418 g/mol. The predicted molar refractivity (Wildman–Crippen MR) is 106 cm³/mol. The Balaban J connectivity index is 2.00. The number of esters is 1. The first kappa shape index (κ1) is 20.6. The highest BCUT2D eigenvalue weighted by Gasteiger charge is 2.30. The van der Waals surface area contributed by atoms with Crippen LogP contribution in [0.4, 0.5) is 5.69 Å². The largest absolute Gasteiger partial charge is 0.462 e. The molecule has 0 atom stereocenters. The number of nitrogens with one attached hydrogen (secondary N) is 1. The van der Waals surface area contributed by atoms with E-state index < -0.39 is 16.0 Å². The van der Waals surface area contributed by atoms with Crippen LogP contribution in [-0.4, -0.2) is 35.8 Å². The third-order valence-electron chi connectivity index (χ3n) is 4.58. The highest BCUT2D eigenvalue weighted by molar-refractivity contribution is 7.93. The van der Waals surface area contributed by atoms with Crippen LogP contribution in [0.15, 0.2) is 33.6 Å². The van der Waals surface area contributed by atoms with Crippen molar-refractivity contribution in [2.45, 2.75) is 32.6 Å². The van der Waals surface area contributed by atoms with E-state index in [9.17, 15) is 13.2 Å². The minimum absolute atomic E-state index is 0.0654. The molecule has 9 nitrogen and oxygen atoms in total. The fourth-order valence-electron chi connectivity index (χ4n) is 2.99. The van der Waals surface area contributed by atoms with Gasteiger partial charge in [0.1, 0.15) is 4.90 Å². The molecule has 0 radical (unpaired) electrons. The zero-order valence-electron chi connectivity index (χ0n) is 16.8. The number of anilines is 1. The van der Waals surface area contributed by atoms with Gasteiger partial charge in [0.2, 0.25) is 5.89 Å². The minimum atomic E-state index is -3.97. The van der Waals surface area contributed by atoms with Crippen molar-refractivity contribution in [1.29, 1.82) is 0 Å². The summed E-state index contributed by atoms with van der Waals surface area (Å²) in [4.78, 5) is 11.8. The Hall–Kier alpha value is -3.14. The van der Waals surface area contributed by atoms with Crippen molar-refractivity contribution in [2.24, 2.45) is 7.05 Å². The number of sulfonamides is 1. The van der Waals surface area contributed by atoms with E-state index in [0.29, 0.717) is 34.1 Å². The number of aromatic nitrogens is 3. The van der Waals surface area contributed by atoms with Crippen LogP contribution < -0.4 is 4.72 Å². The Morgan fingerprint density at radius 3 is 2.34 bits per heavy atom. The van der Waals surface area contributed by atoms with Crippen LogP contribution in [-0.2, 0) is 21.8 Å². The zero-order chi connectivity index (χ0) is 21.3. The molecule has 3 rings (SSSR count). The number of carbonyl (C=O) groups is 1. The SMILES string of the molecule is CCOC(=O)c1ccc(NS(=O)(=O)c2c(-c3nnc(C)o3)c(C)n(C)c2C)cc1. The van der Waals surface area contributed by atoms with Crippen molar-refractivity contribution in [1.82, 2.24) is 14.8 Å². The van der Waals surface area contributed by atoms with Gasteiger partial charge in [-0.05, 0) is 45.0 Å². The maximum absolute atomic E-state index is 13.2. The summed E-state index contributed by atoms with van der Waals surface area (Å²) < 4.78 is 41.1. The molecule has 2 heterocycles. The van der Waals surface area contributed by atoms with Crippen LogP contribution in [0.1, 0.15) is 34.6 Å². The van der Waals surface area contributed by atoms with Gasteiger partial charge in [-0.1, -0.05) is 0 Å². The Morgan fingerprint density at radius 1 is 1.14 bits per heavy atom. The molecule has 1 N–H and O–H groups in total. The van der Waals surface area contributed by atoms with E-state index in [4.69, 9.17) is 9.15 Å². The molecule has 0 aliphatic carbocycles. The van der Waals surface area contributed by atoms with Crippen molar-refractivity contribution in [3.63, 3.8) is 0 Å². The average Bonchev–Trinajstić information content (AvgIpc) is 3.19. The summed E-state index contributed by atoms with van der Waals surface area (Å²) in [6.45, 7) is 7.11. The molecule has 0 bridgehead atoms. The van der Waals surface area contributed by atoms with Gasteiger partial charge in [-0.3, -0.25) is 4.72 Å². The summed E-state index contributed by atoms with van der Waals surface area (Å²) in [6.07, 6.45) is 0. The Kier molecular flexibility index (Phi) is 5.47. The van der Waals surface area contributed by atoms with E-state index in [1.807, 2.05) is 0 Å². The molecular weight excluding hydrogens is 396 g/mol. The van der Waals surface area contributed by atoms with Gasteiger partial charge in [-0.25, -0.2) is 13.2 Å². The molecule has 29 heavy (non-hydrogen) atoms.